The van der Waals surface area contributed by atoms with Gasteiger partial charge in [0, 0.05) is 18.3 Å². The summed E-state index contributed by atoms with van der Waals surface area (Å²) < 4.78 is 10.0. The van der Waals surface area contributed by atoms with Gasteiger partial charge in [0.1, 0.15) is 18.1 Å². The number of benzene rings is 1. The molecule has 1 fully saturated rings. The van der Waals surface area contributed by atoms with Gasteiger partial charge < -0.3 is 19.2 Å². The lowest BCUT2D eigenvalue weighted by Gasteiger charge is -2.16. The van der Waals surface area contributed by atoms with Crippen LogP contribution in [-0.2, 0) is 6.54 Å². The van der Waals surface area contributed by atoms with E-state index in [4.69, 9.17) is 4.74 Å². The second kappa shape index (κ2) is 7.30. The molecule has 0 saturated heterocycles. The highest BCUT2D eigenvalue weighted by Gasteiger charge is 2.26. The van der Waals surface area contributed by atoms with Crippen molar-refractivity contribution in [1.29, 1.82) is 0 Å². The van der Waals surface area contributed by atoms with Crippen molar-refractivity contribution >= 4 is 11.6 Å². The highest BCUT2D eigenvalue weighted by Crippen LogP contribution is 2.40. The number of hydrogen-bond donors (Lipinski definition) is 1. The molecule has 160 valence electrons. The number of anilines is 1. The van der Waals surface area contributed by atoms with E-state index in [1.165, 1.54) is 12.8 Å². The van der Waals surface area contributed by atoms with Crippen LogP contribution in [0.2, 0.25) is 0 Å². The molecule has 1 unspecified atom stereocenters. The van der Waals surface area contributed by atoms with Crippen LogP contribution in [0.15, 0.2) is 55.4 Å². The molecule has 1 N–H and O–H groups in total. The summed E-state index contributed by atoms with van der Waals surface area (Å²) in [6.07, 6.45) is 9.42. The van der Waals surface area contributed by atoms with Crippen molar-refractivity contribution in [3.05, 3.63) is 66.8 Å². The van der Waals surface area contributed by atoms with E-state index in [-0.39, 0.29) is 12.0 Å². The van der Waals surface area contributed by atoms with Gasteiger partial charge in [-0.3, -0.25) is 9.78 Å². The van der Waals surface area contributed by atoms with E-state index < -0.39 is 0 Å². The van der Waals surface area contributed by atoms with Gasteiger partial charge in [0.2, 0.25) is 0 Å². The van der Waals surface area contributed by atoms with Crippen LogP contribution in [0, 0.1) is 0 Å². The summed E-state index contributed by atoms with van der Waals surface area (Å²) in [5.41, 5.74) is 3.61. The molecule has 0 spiro atoms. The van der Waals surface area contributed by atoms with E-state index in [1.54, 1.807) is 24.9 Å². The molecule has 0 radical (unpaired) electrons. The number of imidazole rings is 1. The van der Waals surface area contributed by atoms with Crippen molar-refractivity contribution in [2.24, 2.45) is 0 Å². The Balaban J connectivity index is 1.30. The summed E-state index contributed by atoms with van der Waals surface area (Å²) in [5.74, 6) is 1.55. The first-order valence-electron chi connectivity index (χ1n) is 10.7. The van der Waals surface area contributed by atoms with Crippen molar-refractivity contribution in [1.82, 2.24) is 29.3 Å². The van der Waals surface area contributed by atoms with Gasteiger partial charge in [0.15, 0.2) is 11.6 Å². The maximum absolute atomic E-state index is 13.1. The summed E-state index contributed by atoms with van der Waals surface area (Å²) in [7, 11) is 0. The molecule has 1 aromatic carbocycles. The number of hydrogen-bond acceptors (Lipinski definition) is 6. The van der Waals surface area contributed by atoms with Crippen LogP contribution in [0.1, 0.15) is 41.9 Å². The molecular weight excluding hydrogens is 406 g/mol. The van der Waals surface area contributed by atoms with Crippen molar-refractivity contribution in [2.45, 2.75) is 38.3 Å². The number of para-hydroxylation sites is 1. The van der Waals surface area contributed by atoms with Gasteiger partial charge in [0.25, 0.3) is 5.91 Å². The Bertz CT molecular complexity index is 1320. The lowest BCUT2D eigenvalue weighted by atomic mass is 10.1. The van der Waals surface area contributed by atoms with Gasteiger partial charge in [-0.1, -0.05) is 6.07 Å². The molecule has 1 aliphatic heterocycles. The fourth-order valence-corrected chi connectivity index (χ4v) is 4.01. The molecule has 1 aliphatic carbocycles. The van der Waals surface area contributed by atoms with Crippen molar-refractivity contribution in [3.63, 3.8) is 0 Å². The van der Waals surface area contributed by atoms with Crippen LogP contribution in [-0.4, -0.2) is 41.3 Å². The minimum atomic E-state index is -0.315. The minimum Gasteiger partial charge on any atom is -0.486 e. The predicted molar refractivity (Wildman–Crippen MR) is 117 cm³/mol. The first kappa shape index (κ1) is 18.7. The van der Waals surface area contributed by atoms with Crippen LogP contribution in [0.4, 0.5) is 5.69 Å². The summed E-state index contributed by atoms with van der Waals surface area (Å²) in [5, 5.41) is 11.2. The van der Waals surface area contributed by atoms with E-state index in [0.717, 1.165) is 16.9 Å². The van der Waals surface area contributed by atoms with Crippen LogP contribution in [0.5, 0.6) is 5.75 Å². The Kier molecular flexibility index (Phi) is 4.27. The molecule has 2 aliphatic rings. The Morgan fingerprint density at radius 1 is 1.19 bits per heavy atom. The number of fused-ring (bicyclic) bond motifs is 3. The number of pyridine rings is 1. The summed E-state index contributed by atoms with van der Waals surface area (Å²) >= 11 is 0. The summed E-state index contributed by atoms with van der Waals surface area (Å²) in [4.78, 5) is 21.8. The second-order valence-corrected chi connectivity index (χ2v) is 8.25. The SMILES string of the molecule is CC1Cn2cnnc2-c2cccc(NC(=O)c3cc(-n4cnc(C5CC5)c4)ccn3)c2O1. The standard InChI is InChI=1S/C23H21N7O2/c1-14-10-30-13-26-28-22(30)17-3-2-4-18(21(17)32-14)27-23(31)19-9-16(7-8-24-19)29-11-20(25-12-29)15-5-6-15/h2-4,7-9,11-15H,5-6,10H2,1H3,(H,27,31). The number of nitrogens with one attached hydrogen (secondary N) is 1. The highest BCUT2D eigenvalue weighted by atomic mass is 16.5. The third-order valence-corrected chi connectivity index (χ3v) is 5.77. The molecule has 1 saturated carbocycles. The smallest absolute Gasteiger partial charge is 0.274 e. The molecule has 6 rings (SSSR count). The fraction of sp³-hybridized carbons (Fsp3) is 0.261. The zero-order valence-corrected chi connectivity index (χ0v) is 17.5. The van der Waals surface area contributed by atoms with Crippen LogP contribution < -0.4 is 10.1 Å². The molecule has 3 aromatic heterocycles. The van der Waals surface area contributed by atoms with Gasteiger partial charge in [-0.15, -0.1) is 10.2 Å². The predicted octanol–water partition coefficient (Wildman–Crippen LogP) is 3.44. The maximum Gasteiger partial charge on any atom is 0.274 e. The van der Waals surface area contributed by atoms with Crippen molar-refractivity contribution < 1.29 is 9.53 Å². The van der Waals surface area contributed by atoms with Gasteiger partial charge in [-0.25, -0.2) is 4.98 Å². The summed E-state index contributed by atoms with van der Waals surface area (Å²) in [6, 6.07) is 9.22. The van der Waals surface area contributed by atoms with E-state index in [0.29, 0.717) is 35.4 Å². The van der Waals surface area contributed by atoms with Gasteiger partial charge in [0.05, 0.1) is 35.5 Å². The largest absolute Gasteiger partial charge is 0.486 e. The summed E-state index contributed by atoms with van der Waals surface area (Å²) in [6.45, 7) is 2.60. The number of amides is 1. The molecule has 4 aromatic rings. The van der Waals surface area contributed by atoms with Crippen LogP contribution >= 0.6 is 0 Å². The number of nitrogens with zero attached hydrogens (tertiary/aromatic N) is 6. The number of ether oxygens (including phenoxy) is 1. The van der Waals surface area contributed by atoms with E-state index in [1.807, 2.05) is 46.5 Å². The zero-order chi connectivity index (χ0) is 21.7. The molecule has 4 heterocycles. The normalized spacial score (nSPS) is 17.1. The van der Waals surface area contributed by atoms with Crippen molar-refractivity contribution in [2.75, 3.05) is 5.32 Å². The van der Waals surface area contributed by atoms with Gasteiger partial charge >= 0.3 is 0 Å². The first-order chi connectivity index (χ1) is 15.7. The average molecular weight is 427 g/mol. The number of rotatable bonds is 4. The van der Waals surface area contributed by atoms with Gasteiger partial charge in [-0.05, 0) is 44.0 Å². The lowest BCUT2D eigenvalue weighted by molar-refractivity contribution is 0.102. The Morgan fingerprint density at radius 3 is 2.97 bits per heavy atom. The van der Waals surface area contributed by atoms with E-state index >= 15 is 0 Å². The Hall–Kier alpha value is -4.01. The molecule has 1 amide bonds. The lowest BCUT2D eigenvalue weighted by Crippen LogP contribution is -2.19. The molecular formula is C23H21N7O2. The molecule has 32 heavy (non-hydrogen) atoms. The van der Waals surface area contributed by atoms with E-state index in [2.05, 4.69) is 25.5 Å². The molecule has 9 nitrogen and oxygen atoms in total. The third-order valence-electron chi connectivity index (χ3n) is 5.77. The average Bonchev–Trinajstić information content (AvgIpc) is 3.39. The quantitative estimate of drug-likeness (QED) is 0.536. The van der Waals surface area contributed by atoms with Crippen LogP contribution in [0.25, 0.3) is 17.1 Å². The third kappa shape index (κ3) is 3.31. The monoisotopic (exact) mass is 427 g/mol. The van der Waals surface area contributed by atoms with E-state index in [9.17, 15) is 4.79 Å². The molecule has 0 bridgehead atoms. The topological polar surface area (TPSA) is 99.8 Å². The number of carbonyl (C=O) groups is 1. The first-order valence-corrected chi connectivity index (χ1v) is 10.7. The van der Waals surface area contributed by atoms with Gasteiger partial charge in [-0.2, -0.15) is 0 Å². The minimum absolute atomic E-state index is 0.104. The van der Waals surface area contributed by atoms with Crippen molar-refractivity contribution in [3.8, 4) is 22.8 Å². The fourth-order valence-electron chi connectivity index (χ4n) is 4.01. The number of carbonyl (C=O) groups excluding carboxylic acids is 1. The molecule has 9 heteroatoms. The zero-order valence-electron chi connectivity index (χ0n) is 17.5. The maximum atomic E-state index is 13.1. The Morgan fingerprint density at radius 2 is 2.09 bits per heavy atom. The van der Waals surface area contributed by atoms with Crippen LogP contribution in [0.3, 0.4) is 0 Å². The highest BCUT2D eigenvalue weighted by molar-refractivity contribution is 6.04. The Labute approximate surface area is 184 Å². The number of aromatic nitrogens is 6. The molecule has 1 atom stereocenters. The second-order valence-electron chi connectivity index (χ2n) is 8.25.